The summed E-state index contributed by atoms with van der Waals surface area (Å²) < 4.78 is 11.0. The molecule has 2 aromatic carbocycles. The Balaban J connectivity index is 1.22. The summed E-state index contributed by atoms with van der Waals surface area (Å²) in [4.78, 5) is 16.2. The average molecular weight is 412 g/mol. The molecule has 2 heterocycles. The van der Waals surface area contributed by atoms with Crippen LogP contribution in [0.3, 0.4) is 0 Å². The van der Waals surface area contributed by atoms with E-state index in [4.69, 9.17) is 9.47 Å². The Kier molecular flexibility index (Phi) is 6.40. The van der Waals surface area contributed by atoms with Gasteiger partial charge in [0.05, 0.1) is 7.11 Å². The number of aliphatic hydroxyl groups excluding tert-OH is 1. The zero-order chi connectivity index (χ0) is 20.9. The number of benzene rings is 2. The summed E-state index contributed by atoms with van der Waals surface area (Å²) in [6, 6.07) is 13.8. The highest BCUT2D eigenvalue weighted by Gasteiger charge is 2.20. The van der Waals surface area contributed by atoms with Crippen LogP contribution in [0.25, 0.3) is 0 Å². The van der Waals surface area contributed by atoms with Gasteiger partial charge in [-0.1, -0.05) is 6.07 Å². The predicted octanol–water partition coefficient (Wildman–Crippen LogP) is 2.14. The molecule has 7 nitrogen and oxygen atoms in total. The molecule has 1 fully saturated rings. The number of nitrogens with one attached hydrogen (secondary N) is 1. The molecule has 4 rings (SSSR count). The van der Waals surface area contributed by atoms with Crippen molar-refractivity contribution < 1.29 is 19.4 Å². The number of ether oxygens (including phenoxy) is 2. The fraction of sp³-hybridized carbons (Fsp3) is 0.435. The predicted molar refractivity (Wildman–Crippen MR) is 117 cm³/mol. The number of piperazine rings is 1. The molecular formula is C23H29N3O4. The molecule has 0 aromatic heterocycles. The average Bonchev–Trinajstić information content (AvgIpc) is 2.78. The van der Waals surface area contributed by atoms with Crippen LogP contribution < -0.4 is 19.7 Å². The fourth-order valence-corrected chi connectivity index (χ4v) is 3.97. The molecule has 0 saturated carbocycles. The van der Waals surface area contributed by atoms with Gasteiger partial charge in [-0.15, -0.1) is 0 Å². The van der Waals surface area contributed by atoms with Gasteiger partial charge >= 0.3 is 0 Å². The molecule has 0 spiro atoms. The van der Waals surface area contributed by atoms with Crippen molar-refractivity contribution in [2.24, 2.45) is 0 Å². The van der Waals surface area contributed by atoms with Gasteiger partial charge in [0.15, 0.2) is 0 Å². The lowest BCUT2D eigenvalue weighted by Crippen LogP contribution is -2.49. The summed E-state index contributed by atoms with van der Waals surface area (Å²) >= 11 is 0. The van der Waals surface area contributed by atoms with E-state index in [0.717, 1.165) is 49.6 Å². The summed E-state index contributed by atoms with van der Waals surface area (Å²) in [7, 11) is 1.67. The number of nitrogens with zero attached hydrogens (tertiary/aromatic N) is 2. The van der Waals surface area contributed by atoms with E-state index in [9.17, 15) is 9.90 Å². The number of aryl methyl sites for hydroxylation is 1. The first kappa shape index (κ1) is 20.5. The van der Waals surface area contributed by atoms with Crippen molar-refractivity contribution in [2.45, 2.75) is 18.9 Å². The third kappa shape index (κ3) is 5.04. The molecule has 7 heteroatoms. The van der Waals surface area contributed by atoms with Crippen molar-refractivity contribution in [1.29, 1.82) is 0 Å². The first-order valence-corrected chi connectivity index (χ1v) is 10.5. The van der Waals surface area contributed by atoms with E-state index < -0.39 is 6.10 Å². The molecule has 2 aliphatic heterocycles. The SMILES string of the molecule is COc1ccc(N2CCN(CC(O)COc3ccc4c(c3)NC(=O)CC4)CC2)cc1. The number of rotatable bonds is 7. The van der Waals surface area contributed by atoms with Crippen molar-refractivity contribution >= 4 is 17.3 Å². The summed E-state index contributed by atoms with van der Waals surface area (Å²) in [5, 5.41) is 13.3. The van der Waals surface area contributed by atoms with Crippen LogP contribution in [0.5, 0.6) is 11.5 Å². The van der Waals surface area contributed by atoms with Gasteiger partial charge in [0, 0.05) is 56.6 Å². The molecule has 2 aliphatic rings. The maximum Gasteiger partial charge on any atom is 0.224 e. The molecular weight excluding hydrogens is 382 g/mol. The van der Waals surface area contributed by atoms with Gasteiger partial charge < -0.3 is 24.8 Å². The molecule has 2 aromatic rings. The molecule has 30 heavy (non-hydrogen) atoms. The quantitative estimate of drug-likeness (QED) is 0.727. The molecule has 2 N–H and O–H groups in total. The maximum absolute atomic E-state index is 11.6. The normalized spacial score (nSPS) is 17.8. The van der Waals surface area contributed by atoms with E-state index in [1.54, 1.807) is 7.11 Å². The van der Waals surface area contributed by atoms with E-state index >= 15 is 0 Å². The van der Waals surface area contributed by atoms with Crippen LogP contribution in [-0.4, -0.2) is 68.5 Å². The highest BCUT2D eigenvalue weighted by molar-refractivity contribution is 5.94. The van der Waals surface area contributed by atoms with Gasteiger partial charge in [0.1, 0.15) is 24.2 Å². The minimum absolute atomic E-state index is 0.0356. The highest BCUT2D eigenvalue weighted by Crippen LogP contribution is 2.27. The van der Waals surface area contributed by atoms with Gasteiger partial charge in [-0.3, -0.25) is 9.69 Å². The Hall–Kier alpha value is -2.77. The largest absolute Gasteiger partial charge is 0.497 e. The number of anilines is 2. The van der Waals surface area contributed by atoms with Gasteiger partial charge in [0.25, 0.3) is 0 Å². The number of carbonyl (C=O) groups excluding carboxylic acids is 1. The van der Waals surface area contributed by atoms with Crippen LogP contribution in [0.4, 0.5) is 11.4 Å². The Bertz CT molecular complexity index is 863. The number of carbonyl (C=O) groups is 1. The summed E-state index contributed by atoms with van der Waals surface area (Å²) in [6.45, 7) is 4.44. The monoisotopic (exact) mass is 411 g/mol. The van der Waals surface area contributed by atoms with Gasteiger partial charge in [0.2, 0.25) is 5.91 Å². The zero-order valence-corrected chi connectivity index (χ0v) is 17.3. The van der Waals surface area contributed by atoms with E-state index in [0.29, 0.717) is 18.7 Å². The second-order valence-electron chi connectivity index (χ2n) is 7.82. The lowest BCUT2D eigenvalue weighted by Gasteiger charge is -2.36. The number of methoxy groups -OCH3 is 1. The number of aliphatic hydroxyl groups is 1. The van der Waals surface area contributed by atoms with Gasteiger partial charge in [-0.25, -0.2) is 0 Å². The van der Waals surface area contributed by atoms with Crippen molar-refractivity contribution in [3.63, 3.8) is 0 Å². The van der Waals surface area contributed by atoms with Crippen molar-refractivity contribution in [3.05, 3.63) is 48.0 Å². The Labute approximate surface area is 177 Å². The third-order valence-corrected chi connectivity index (χ3v) is 5.70. The van der Waals surface area contributed by atoms with E-state index in [-0.39, 0.29) is 12.5 Å². The van der Waals surface area contributed by atoms with E-state index in [2.05, 4.69) is 27.2 Å². The lowest BCUT2D eigenvalue weighted by molar-refractivity contribution is -0.116. The molecule has 0 radical (unpaired) electrons. The highest BCUT2D eigenvalue weighted by atomic mass is 16.5. The van der Waals surface area contributed by atoms with Crippen molar-refractivity contribution in [2.75, 3.05) is 56.7 Å². The van der Waals surface area contributed by atoms with Gasteiger partial charge in [-0.2, -0.15) is 0 Å². The Morgan fingerprint density at radius 1 is 1.03 bits per heavy atom. The van der Waals surface area contributed by atoms with Crippen LogP contribution in [0.2, 0.25) is 0 Å². The smallest absolute Gasteiger partial charge is 0.224 e. The second kappa shape index (κ2) is 9.36. The summed E-state index contributed by atoms with van der Waals surface area (Å²) in [5.41, 5.74) is 3.13. The minimum Gasteiger partial charge on any atom is -0.497 e. The molecule has 0 aliphatic carbocycles. The third-order valence-electron chi connectivity index (χ3n) is 5.70. The standard InChI is InChI=1S/C23H29N3O4/c1-29-20-7-4-18(5-8-20)26-12-10-25(11-13-26)15-19(27)16-30-21-6-2-17-3-9-23(28)24-22(17)14-21/h2,4-8,14,19,27H,3,9-13,15-16H2,1H3,(H,24,28). The molecule has 160 valence electrons. The first-order valence-electron chi connectivity index (χ1n) is 10.5. The van der Waals surface area contributed by atoms with Crippen LogP contribution >= 0.6 is 0 Å². The maximum atomic E-state index is 11.6. The Morgan fingerprint density at radius 2 is 1.77 bits per heavy atom. The van der Waals surface area contributed by atoms with Crippen molar-refractivity contribution in [1.82, 2.24) is 4.90 Å². The zero-order valence-electron chi connectivity index (χ0n) is 17.3. The summed E-state index contributed by atoms with van der Waals surface area (Å²) in [6.07, 6.45) is 0.715. The Morgan fingerprint density at radius 3 is 2.50 bits per heavy atom. The molecule has 1 saturated heterocycles. The number of fused-ring (bicyclic) bond motifs is 1. The van der Waals surface area contributed by atoms with Crippen LogP contribution in [0.1, 0.15) is 12.0 Å². The second-order valence-corrected chi connectivity index (χ2v) is 7.82. The van der Waals surface area contributed by atoms with Crippen molar-refractivity contribution in [3.8, 4) is 11.5 Å². The number of hydrogen-bond acceptors (Lipinski definition) is 6. The molecule has 1 amide bonds. The van der Waals surface area contributed by atoms with Crippen LogP contribution in [-0.2, 0) is 11.2 Å². The number of amides is 1. The number of β-amino-alcohol motifs (C(OH)–C–C–N with tert-alkyl or cyclic N) is 1. The molecule has 0 bridgehead atoms. The topological polar surface area (TPSA) is 74.3 Å². The molecule has 1 unspecified atom stereocenters. The fourth-order valence-electron chi connectivity index (χ4n) is 3.97. The van der Waals surface area contributed by atoms with Gasteiger partial charge in [-0.05, 0) is 42.3 Å². The summed E-state index contributed by atoms with van der Waals surface area (Å²) in [5.74, 6) is 1.56. The first-order chi connectivity index (χ1) is 14.6. The van der Waals surface area contributed by atoms with E-state index in [1.165, 1.54) is 5.69 Å². The lowest BCUT2D eigenvalue weighted by atomic mass is 10.0. The number of hydrogen-bond donors (Lipinski definition) is 2. The molecule has 1 atom stereocenters. The minimum atomic E-state index is -0.567. The van der Waals surface area contributed by atoms with Crippen LogP contribution in [0, 0.1) is 0 Å². The van der Waals surface area contributed by atoms with Crippen LogP contribution in [0.15, 0.2) is 42.5 Å². The van der Waals surface area contributed by atoms with E-state index in [1.807, 2.05) is 30.3 Å².